The lowest BCUT2D eigenvalue weighted by atomic mass is 10.1. The van der Waals surface area contributed by atoms with Crippen LogP contribution in [0.15, 0.2) is 30.5 Å². The Bertz CT molecular complexity index is 564. The molecular formula is C15H20FN5O. The molecule has 1 aromatic heterocycles. The number of anilines is 2. The summed E-state index contributed by atoms with van der Waals surface area (Å²) in [4.78, 5) is 4.32. The smallest absolute Gasteiger partial charge is 0.244 e. The van der Waals surface area contributed by atoms with Gasteiger partial charge in [-0.2, -0.15) is 10.1 Å². The molecule has 0 aliphatic carbocycles. The molecule has 0 radical (unpaired) electrons. The fourth-order valence-electron chi connectivity index (χ4n) is 1.87. The number of hydrogen-bond donors (Lipinski definition) is 2. The van der Waals surface area contributed by atoms with Gasteiger partial charge < -0.3 is 15.4 Å². The molecule has 2 N–H and O–H groups in total. The third-order valence-electron chi connectivity index (χ3n) is 3.00. The van der Waals surface area contributed by atoms with Crippen LogP contribution in [0.25, 0.3) is 0 Å². The summed E-state index contributed by atoms with van der Waals surface area (Å²) in [5.74, 6) is 0.922. The maximum atomic E-state index is 12.8. The van der Waals surface area contributed by atoms with E-state index < -0.39 is 0 Å². The molecule has 0 aliphatic heterocycles. The Hall–Kier alpha value is -2.28. The SMILES string of the molecule is COCCCNc1cnnc(NCCc2ccc(F)cc2)n1. The first-order chi connectivity index (χ1) is 10.8. The first-order valence-corrected chi connectivity index (χ1v) is 7.19. The highest BCUT2D eigenvalue weighted by molar-refractivity contribution is 5.36. The molecule has 22 heavy (non-hydrogen) atoms. The summed E-state index contributed by atoms with van der Waals surface area (Å²) in [5, 5.41) is 14.1. The normalized spacial score (nSPS) is 10.5. The monoisotopic (exact) mass is 305 g/mol. The van der Waals surface area contributed by atoms with Gasteiger partial charge in [-0.05, 0) is 30.5 Å². The van der Waals surface area contributed by atoms with Crippen molar-refractivity contribution in [2.24, 2.45) is 0 Å². The first-order valence-electron chi connectivity index (χ1n) is 7.19. The van der Waals surface area contributed by atoms with Crippen LogP contribution >= 0.6 is 0 Å². The molecule has 1 heterocycles. The average molecular weight is 305 g/mol. The van der Waals surface area contributed by atoms with Gasteiger partial charge in [-0.3, -0.25) is 0 Å². The molecule has 0 amide bonds. The standard InChI is InChI=1S/C15H20FN5O/c1-22-10-2-8-17-14-11-19-21-15(20-14)18-9-7-12-3-5-13(16)6-4-12/h3-6,11H,2,7-10H2,1H3,(H2,17,18,20,21). The van der Waals surface area contributed by atoms with Gasteiger partial charge in [0, 0.05) is 26.8 Å². The van der Waals surface area contributed by atoms with E-state index in [2.05, 4.69) is 25.8 Å². The maximum Gasteiger partial charge on any atom is 0.244 e. The van der Waals surface area contributed by atoms with Crippen molar-refractivity contribution in [1.82, 2.24) is 15.2 Å². The predicted octanol–water partition coefficient (Wildman–Crippen LogP) is 2.11. The third-order valence-corrected chi connectivity index (χ3v) is 3.00. The molecule has 7 heteroatoms. The van der Waals surface area contributed by atoms with Crippen molar-refractivity contribution in [2.45, 2.75) is 12.8 Å². The molecule has 0 unspecified atom stereocenters. The fourth-order valence-corrected chi connectivity index (χ4v) is 1.87. The molecule has 1 aromatic carbocycles. The lowest BCUT2D eigenvalue weighted by molar-refractivity contribution is 0.197. The minimum Gasteiger partial charge on any atom is -0.385 e. The highest BCUT2D eigenvalue weighted by Gasteiger charge is 2.00. The number of hydrogen-bond acceptors (Lipinski definition) is 6. The van der Waals surface area contributed by atoms with E-state index in [0.717, 1.165) is 24.9 Å². The Morgan fingerprint density at radius 3 is 2.73 bits per heavy atom. The quantitative estimate of drug-likeness (QED) is 0.691. The summed E-state index contributed by atoms with van der Waals surface area (Å²) in [7, 11) is 1.68. The van der Waals surface area contributed by atoms with Gasteiger partial charge in [0.15, 0.2) is 5.82 Å². The van der Waals surface area contributed by atoms with Crippen LogP contribution in [0.4, 0.5) is 16.2 Å². The van der Waals surface area contributed by atoms with E-state index in [1.807, 2.05) is 0 Å². The summed E-state index contributed by atoms with van der Waals surface area (Å²) in [6, 6.07) is 6.45. The van der Waals surface area contributed by atoms with E-state index in [9.17, 15) is 4.39 Å². The van der Waals surface area contributed by atoms with Crippen LogP contribution < -0.4 is 10.6 Å². The zero-order valence-electron chi connectivity index (χ0n) is 12.6. The first kappa shape index (κ1) is 16.1. The molecule has 0 saturated carbocycles. The lowest BCUT2D eigenvalue weighted by Gasteiger charge is -2.07. The number of methoxy groups -OCH3 is 1. The molecule has 0 aliphatic rings. The summed E-state index contributed by atoms with van der Waals surface area (Å²) in [6.07, 6.45) is 3.24. The molecular weight excluding hydrogens is 285 g/mol. The van der Waals surface area contributed by atoms with Crippen molar-refractivity contribution in [3.8, 4) is 0 Å². The molecule has 0 spiro atoms. The predicted molar refractivity (Wildman–Crippen MR) is 83.4 cm³/mol. The van der Waals surface area contributed by atoms with Crippen LogP contribution in [0.1, 0.15) is 12.0 Å². The second kappa shape index (κ2) is 8.89. The summed E-state index contributed by atoms with van der Waals surface area (Å²) in [6.45, 7) is 2.12. The van der Waals surface area contributed by atoms with Crippen LogP contribution in [-0.4, -0.2) is 42.0 Å². The van der Waals surface area contributed by atoms with Crippen molar-refractivity contribution in [2.75, 3.05) is 37.4 Å². The zero-order valence-corrected chi connectivity index (χ0v) is 12.6. The third kappa shape index (κ3) is 5.61. The van der Waals surface area contributed by atoms with E-state index in [0.29, 0.717) is 24.9 Å². The van der Waals surface area contributed by atoms with Crippen molar-refractivity contribution in [1.29, 1.82) is 0 Å². The number of halogens is 1. The minimum atomic E-state index is -0.225. The van der Waals surface area contributed by atoms with Gasteiger partial charge in [0.1, 0.15) is 5.82 Å². The highest BCUT2D eigenvalue weighted by atomic mass is 19.1. The van der Waals surface area contributed by atoms with Crippen molar-refractivity contribution < 1.29 is 9.13 Å². The van der Waals surface area contributed by atoms with Gasteiger partial charge in [0.2, 0.25) is 5.95 Å². The van der Waals surface area contributed by atoms with Crippen LogP contribution in [0.2, 0.25) is 0 Å². The Labute approximate surface area is 129 Å². The number of benzene rings is 1. The summed E-state index contributed by atoms with van der Waals surface area (Å²) in [5.41, 5.74) is 1.05. The highest BCUT2D eigenvalue weighted by Crippen LogP contribution is 2.06. The largest absolute Gasteiger partial charge is 0.385 e. The molecule has 0 bridgehead atoms. The van der Waals surface area contributed by atoms with Crippen molar-refractivity contribution >= 4 is 11.8 Å². The van der Waals surface area contributed by atoms with E-state index in [1.165, 1.54) is 12.1 Å². The van der Waals surface area contributed by atoms with E-state index in [1.54, 1.807) is 25.4 Å². The summed E-state index contributed by atoms with van der Waals surface area (Å²) >= 11 is 0. The number of aromatic nitrogens is 3. The molecule has 0 fully saturated rings. The van der Waals surface area contributed by atoms with Gasteiger partial charge in [-0.25, -0.2) is 4.39 Å². The van der Waals surface area contributed by atoms with E-state index in [4.69, 9.17) is 4.74 Å². The van der Waals surface area contributed by atoms with E-state index in [-0.39, 0.29) is 5.82 Å². The Balaban J connectivity index is 1.76. The minimum absolute atomic E-state index is 0.225. The van der Waals surface area contributed by atoms with Gasteiger partial charge in [0.05, 0.1) is 6.20 Å². The number of nitrogens with zero attached hydrogens (tertiary/aromatic N) is 3. The van der Waals surface area contributed by atoms with E-state index >= 15 is 0 Å². The zero-order chi connectivity index (χ0) is 15.6. The Morgan fingerprint density at radius 1 is 1.14 bits per heavy atom. The number of ether oxygens (including phenoxy) is 1. The van der Waals surface area contributed by atoms with Crippen LogP contribution in [0.5, 0.6) is 0 Å². The topological polar surface area (TPSA) is 72.0 Å². The molecule has 2 rings (SSSR count). The van der Waals surface area contributed by atoms with Crippen LogP contribution in [-0.2, 0) is 11.2 Å². The molecule has 0 saturated heterocycles. The molecule has 2 aromatic rings. The number of rotatable bonds is 9. The van der Waals surface area contributed by atoms with Crippen LogP contribution in [0.3, 0.4) is 0 Å². The van der Waals surface area contributed by atoms with Gasteiger partial charge in [-0.1, -0.05) is 12.1 Å². The van der Waals surface area contributed by atoms with Crippen LogP contribution in [0, 0.1) is 5.82 Å². The van der Waals surface area contributed by atoms with Gasteiger partial charge in [0.25, 0.3) is 0 Å². The Morgan fingerprint density at radius 2 is 1.95 bits per heavy atom. The van der Waals surface area contributed by atoms with Gasteiger partial charge in [-0.15, -0.1) is 5.10 Å². The maximum absolute atomic E-state index is 12.8. The summed E-state index contributed by atoms with van der Waals surface area (Å²) < 4.78 is 17.8. The number of nitrogens with one attached hydrogen (secondary N) is 2. The second-order valence-corrected chi connectivity index (χ2v) is 4.74. The van der Waals surface area contributed by atoms with Crippen molar-refractivity contribution in [3.05, 3.63) is 41.8 Å². The Kier molecular flexibility index (Phi) is 6.50. The molecule has 6 nitrogen and oxygen atoms in total. The fraction of sp³-hybridized carbons (Fsp3) is 0.400. The molecule has 118 valence electrons. The van der Waals surface area contributed by atoms with Gasteiger partial charge >= 0.3 is 0 Å². The lowest BCUT2D eigenvalue weighted by Crippen LogP contribution is -2.11. The molecule has 0 atom stereocenters. The van der Waals surface area contributed by atoms with Crippen molar-refractivity contribution in [3.63, 3.8) is 0 Å². The second-order valence-electron chi connectivity index (χ2n) is 4.74. The average Bonchev–Trinajstić information content (AvgIpc) is 2.54.